The number of hydrogen-bond donors (Lipinski definition) is 2. The first kappa shape index (κ1) is 20.2. The van der Waals surface area contributed by atoms with Crippen molar-refractivity contribution in [2.24, 2.45) is 0 Å². The third-order valence-corrected chi connectivity index (χ3v) is 7.17. The Morgan fingerprint density at radius 1 is 1.38 bits per heavy atom. The molecule has 2 N–H and O–H groups in total. The number of nitrogens with one attached hydrogen (secondary N) is 1. The monoisotopic (exact) mass is 430 g/mol. The van der Waals surface area contributed by atoms with Gasteiger partial charge in [0.15, 0.2) is 6.29 Å². The summed E-state index contributed by atoms with van der Waals surface area (Å²) >= 11 is 7.70. The first-order valence-corrected chi connectivity index (χ1v) is 10.8. The predicted octanol–water partition coefficient (Wildman–Crippen LogP) is 4.13. The fourth-order valence-electron chi connectivity index (χ4n) is 4.32. The highest BCUT2D eigenvalue weighted by Gasteiger charge is 2.48. The van der Waals surface area contributed by atoms with Crippen LogP contribution in [-0.4, -0.2) is 50.6 Å². The molecule has 0 amide bonds. The zero-order valence-corrected chi connectivity index (χ0v) is 17.7. The normalized spacial score (nSPS) is 26.0. The molecule has 0 radical (unpaired) electrons. The minimum atomic E-state index is -0.837. The number of nitrogens with zero attached hydrogens (tertiary/aromatic N) is 3. The zero-order chi connectivity index (χ0) is 20.4. The summed E-state index contributed by atoms with van der Waals surface area (Å²) in [5.74, 6) is 0. The van der Waals surface area contributed by atoms with Crippen LogP contribution in [0.25, 0.3) is 10.4 Å². The molecule has 0 spiro atoms. The van der Waals surface area contributed by atoms with Crippen molar-refractivity contribution >= 4 is 29.2 Å². The van der Waals surface area contributed by atoms with Crippen LogP contribution in [0, 0.1) is 0 Å². The first-order chi connectivity index (χ1) is 14.0. The number of aldehydes is 1. The number of rotatable bonds is 3. The molecule has 29 heavy (non-hydrogen) atoms. The highest BCUT2D eigenvalue weighted by Crippen LogP contribution is 2.45. The number of carbonyl (C=O) groups excluding carboxylic acids is 1. The van der Waals surface area contributed by atoms with Gasteiger partial charge in [0, 0.05) is 45.9 Å². The quantitative estimate of drug-likeness (QED) is 0.610. The molecular formula is C21H23ClN4O2S. The average Bonchev–Trinajstić information content (AvgIpc) is 3.44. The number of piperidine rings is 1. The SMILES string of the molecule is CN1C2CCC1CC(O)(c1ncccc1Cl)C2.O=Cc1csc(-c2cn[nH]c2)c1. The summed E-state index contributed by atoms with van der Waals surface area (Å²) in [6.45, 7) is 0. The fourth-order valence-corrected chi connectivity index (χ4v) is 5.45. The maximum Gasteiger partial charge on any atom is 0.150 e. The maximum absolute atomic E-state index is 10.8. The van der Waals surface area contributed by atoms with Crippen molar-refractivity contribution in [3.8, 4) is 10.4 Å². The lowest BCUT2D eigenvalue weighted by Gasteiger charge is -2.41. The lowest BCUT2D eigenvalue weighted by atomic mass is 9.83. The van der Waals surface area contributed by atoms with E-state index in [1.807, 2.05) is 17.5 Å². The van der Waals surface area contributed by atoms with Crippen molar-refractivity contribution in [3.63, 3.8) is 0 Å². The lowest BCUT2D eigenvalue weighted by Crippen LogP contribution is -2.48. The van der Waals surface area contributed by atoms with Crippen molar-refractivity contribution in [1.82, 2.24) is 20.1 Å². The summed E-state index contributed by atoms with van der Waals surface area (Å²) in [5, 5.41) is 19.8. The smallest absolute Gasteiger partial charge is 0.150 e. The average molecular weight is 431 g/mol. The maximum atomic E-state index is 10.8. The molecular weight excluding hydrogens is 408 g/mol. The van der Waals surface area contributed by atoms with Crippen LogP contribution in [-0.2, 0) is 5.60 Å². The summed E-state index contributed by atoms with van der Waals surface area (Å²) in [4.78, 5) is 18.1. The van der Waals surface area contributed by atoms with Gasteiger partial charge in [-0.3, -0.25) is 14.9 Å². The van der Waals surface area contributed by atoms with E-state index in [4.69, 9.17) is 11.6 Å². The van der Waals surface area contributed by atoms with E-state index >= 15 is 0 Å². The Balaban J connectivity index is 0.000000150. The fraction of sp³-hybridized carbons (Fsp3) is 0.381. The van der Waals surface area contributed by atoms with Gasteiger partial charge in [0.05, 0.1) is 16.9 Å². The Kier molecular flexibility index (Phi) is 5.83. The molecule has 5 heterocycles. The largest absolute Gasteiger partial charge is 0.383 e. The van der Waals surface area contributed by atoms with Crippen LogP contribution in [0.1, 0.15) is 41.7 Å². The predicted molar refractivity (Wildman–Crippen MR) is 114 cm³/mol. The molecule has 2 bridgehead atoms. The number of thiophene rings is 1. The van der Waals surface area contributed by atoms with Crippen LogP contribution >= 0.6 is 22.9 Å². The van der Waals surface area contributed by atoms with E-state index in [0.717, 1.165) is 35.1 Å². The molecule has 2 unspecified atom stereocenters. The van der Waals surface area contributed by atoms with Crippen molar-refractivity contribution in [1.29, 1.82) is 0 Å². The second kappa shape index (κ2) is 8.36. The van der Waals surface area contributed by atoms with Crippen molar-refractivity contribution in [2.45, 2.75) is 43.4 Å². The van der Waals surface area contributed by atoms with Gasteiger partial charge in [-0.15, -0.1) is 11.3 Å². The summed E-state index contributed by atoms with van der Waals surface area (Å²) in [5.41, 5.74) is 1.56. The molecule has 2 aliphatic rings. The van der Waals surface area contributed by atoms with Crippen molar-refractivity contribution in [2.75, 3.05) is 7.05 Å². The number of H-pyrrole nitrogens is 1. The number of aromatic amines is 1. The third-order valence-electron chi connectivity index (χ3n) is 5.87. The van der Waals surface area contributed by atoms with Gasteiger partial charge < -0.3 is 10.0 Å². The number of carbonyl (C=O) groups is 1. The Morgan fingerprint density at radius 3 is 2.72 bits per heavy atom. The van der Waals surface area contributed by atoms with Crippen molar-refractivity contribution in [3.05, 3.63) is 58.4 Å². The molecule has 2 saturated heterocycles. The van der Waals surface area contributed by atoms with Gasteiger partial charge in [0.2, 0.25) is 0 Å². The van der Waals surface area contributed by atoms with Crippen molar-refractivity contribution < 1.29 is 9.90 Å². The molecule has 2 atom stereocenters. The molecule has 3 aromatic heterocycles. The van der Waals surface area contributed by atoms with E-state index in [2.05, 4.69) is 27.1 Å². The van der Waals surface area contributed by atoms with Crippen LogP contribution in [0.15, 0.2) is 42.2 Å². The number of aliphatic hydroxyl groups is 1. The van der Waals surface area contributed by atoms with Crippen LogP contribution < -0.4 is 0 Å². The molecule has 2 aliphatic heterocycles. The van der Waals surface area contributed by atoms with Crippen LogP contribution in [0.3, 0.4) is 0 Å². The van der Waals surface area contributed by atoms with Gasteiger partial charge in [0.1, 0.15) is 5.60 Å². The van der Waals surface area contributed by atoms with E-state index in [9.17, 15) is 9.90 Å². The molecule has 0 aromatic carbocycles. The Bertz CT molecular complexity index is 961. The Labute approximate surface area is 178 Å². The van der Waals surface area contributed by atoms with E-state index in [1.165, 1.54) is 12.8 Å². The first-order valence-electron chi connectivity index (χ1n) is 9.58. The molecule has 5 rings (SSSR count). The topological polar surface area (TPSA) is 82.1 Å². The number of fused-ring (bicyclic) bond motifs is 2. The standard InChI is InChI=1S/C13H17ClN2O.C8H6N2OS/c1-16-9-4-5-10(16)8-13(17,7-9)12-11(14)3-2-6-15-12;11-4-6-1-8(12-5-6)7-2-9-10-3-7/h2-3,6,9-10,17H,4-5,7-8H2,1H3;1-5H,(H,9,10). The molecule has 6 nitrogen and oxygen atoms in total. The molecule has 0 aliphatic carbocycles. The Morgan fingerprint density at radius 2 is 2.14 bits per heavy atom. The Hall–Kier alpha value is -2.06. The van der Waals surface area contributed by atoms with Crippen LogP contribution in [0.4, 0.5) is 0 Å². The van der Waals surface area contributed by atoms with Crippen LogP contribution in [0.2, 0.25) is 5.02 Å². The summed E-state index contributed by atoms with van der Waals surface area (Å²) in [6.07, 6.45) is 9.94. The summed E-state index contributed by atoms with van der Waals surface area (Å²) in [6, 6.07) is 6.40. The molecule has 8 heteroatoms. The van der Waals surface area contributed by atoms with E-state index in [-0.39, 0.29) is 0 Å². The molecule has 0 saturated carbocycles. The van der Waals surface area contributed by atoms with Gasteiger partial charge in [-0.05, 0) is 50.9 Å². The molecule has 2 fully saturated rings. The van der Waals surface area contributed by atoms with Gasteiger partial charge in [0.25, 0.3) is 0 Å². The minimum Gasteiger partial charge on any atom is -0.383 e. The summed E-state index contributed by atoms with van der Waals surface area (Å²) in [7, 11) is 2.15. The number of hydrogen-bond acceptors (Lipinski definition) is 6. The summed E-state index contributed by atoms with van der Waals surface area (Å²) < 4.78 is 0. The van der Waals surface area contributed by atoms with Crippen LogP contribution in [0.5, 0.6) is 0 Å². The number of halogens is 1. The molecule has 3 aromatic rings. The van der Waals surface area contributed by atoms with E-state index in [0.29, 0.717) is 22.8 Å². The lowest BCUT2D eigenvalue weighted by molar-refractivity contribution is -0.0523. The highest BCUT2D eigenvalue weighted by atomic mass is 35.5. The molecule has 152 valence electrons. The number of pyridine rings is 1. The second-order valence-electron chi connectivity index (χ2n) is 7.67. The van der Waals surface area contributed by atoms with Gasteiger partial charge in [-0.1, -0.05) is 11.6 Å². The minimum absolute atomic E-state index is 0.469. The van der Waals surface area contributed by atoms with Gasteiger partial charge in [-0.25, -0.2) is 0 Å². The van der Waals surface area contributed by atoms with Gasteiger partial charge in [-0.2, -0.15) is 5.10 Å². The zero-order valence-electron chi connectivity index (χ0n) is 16.1. The van der Waals surface area contributed by atoms with Gasteiger partial charge >= 0.3 is 0 Å². The van der Waals surface area contributed by atoms with E-state index in [1.54, 1.807) is 36.0 Å². The van der Waals surface area contributed by atoms with E-state index < -0.39 is 5.60 Å². The highest BCUT2D eigenvalue weighted by molar-refractivity contribution is 7.13. The third kappa shape index (κ3) is 4.14. The second-order valence-corrected chi connectivity index (χ2v) is 8.99. The number of aromatic nitrogens is 3.